The molecule has 3 rings (SSSR count). The van der Waals surface area contributed by atoms with Gasteiger partial charge in [0, 0.05) is 23.0 Å². The molecular formula is C19H17ClN6. The van der Waals surface area contributed by atoms with Crippen molar-refractivity contribution in [3.63, 3.8) is 0 Å². The molecule has 0 atom stereocenters. The van der Waals surface area contributed by atoms with E-state index in [-0.39, 0.29) is 0 Å². The monoisotopic (exact) mass is 364 g/mol. The number of nitrogens with two attached hydrogens (primary N) is 1. The van der Waals surface area contributed by atoms with Gasteiger partial charge in [-0.25, -0.2) is 16.4 Å². The Labute approximate surface area is 156 Å². The van der Waals surface area contributed by atoms with E-state index >= 15 is 0 Å². The summed E-state index contributed by atoms with van der Waals surface area (Å²) in [5, 5.41) is 5.43. The van der Waals surface area contributed by atoms with Crippen LogP contribution in [0.4, 0.5) is 11.5 Å². The Hall–Kier alpha value is -3.09. The van der Waals surface area contributed by atoms with Gasteiger partial charge >= 0.3 is 0 Å². The highest BCUT2D eigenvalue weighted by atomic mass is 35.5. The van der Waals surface area contributed by atoms with Crippen molar-refractivity contribution in [3.8, 4) is 0 Å². The maximum atomic E-state index is 7.26. The van der Waals surface area contributed by atoms with E-state index < -0.39 is 0 Å². The first-order valence-electron chi connectivity index (χ1n) is 7.86. The number of nitrogens with zero attached hydrogens (tertiary/aromatic N) is 4. The largest absolute Gasteiger partial charge is 0.262 e. The third-order valence-corrected chi connectivity index (χ3v) is 4.04. The van der Waals surface area contributed by atoms with Crippen LogP contribution in [0.1, 0.15) is 17.0 Å². The predicted octanol–water partition coefficient (Wildman–Crippen LogP) is 4.87. The van der Waals surface area contributed by atoms with E-state index in [0.29, 0.717) is 22.1 Å². The smallest absolute Gasteiger partial charge is 0.147 e. The molecule has 130 valence electrons. The number of anilines is 2. The Kier molecular flexibility index (Phi) is 5.36. The molecule has 0 aliphatic rings. The van der Waals surface area contributed by atoms with Gasteiger partial charge in [-0.15, -0.1) is 0 Å². The molecule has 0 aliphatic heterocycles. The van der Waals surface area contributed by atoms with Crippen LogP contribution >= 0.6 is 11.6 Å². The standard InChI is InChI=1S/C19H17ClN6/c1-13-16(10-14(20)11-23-13)17(12-24-21)18-8-5-9-19(25-18)26(22)15-6-3-2-4-7-15/h2-12,21H,22H2,1H3/b17-12+,24-21?. The first kappa shape index (κ1) is 17.7. The van der Waals surface area contributed by atoms with Crippen molar-refractivity contribution in [1.29, 1.82) is 5.53 Å². The number of hydrogen-bond acceptors (Lipinski definition) is 6. The van der Waals surface area contributed by atoms with Crippen molar-refractivity contribution < 1.29 is 0 Å². The Morgan fingerprint density at radius 3 is 2.69 bits per heavy atom. The van der Waals surface area contributed by atoms with Crippen LogP contribution in [0.2, 0.25) is 5.02 Å². The van der Waals surface area contributed by atoms with Gasteiger partial charge < -0.3 is 0 Å². The molecule has 0 spiro atoms. The van der Waals surface area contributed by atoms with Gasteiger partial charge in [-0.05, 0) is 37.3 Å². The maximum absolute atomic E-state index is 7.26. The Morgan fingerprint density at radius 1 is 1.19 bits per heavy atom. The van der Waals surface area contributed by atoms with Crippen LogP contribution in [0.15, 0.2) is 72.1 Å². The van der Waals surface area contributed by atoms with Crippen molar-refractivity contribution in [1.82, 2.24) is 9.97 Å². The van der Waals surface area contributed by atoms with Crippen molar-refractivity contribution >= 4 is 28.7 Å². The number of rotatable bonds is 5. The second kappa shape index (κ2) is 7.86. The van der Waals surface area contributed by atoms with Crippen molar-refractivity contribution in [2.75, 3.05) is 5.01 Å². The number of hydrogen-bond donors (Lipinski definition) is 2. The number of nitrogens with one attached hydrogen (secondary N) is 1. The molecule has 26 heavy (non-hydrogen) atoms. The lowest BCUT2D eigenvalue weighted by Gasteiger charge is -2.19. The maximum Gasteiger partial charge on any atom is 0.147 e. The Balaban J connectivity index is 2.06. The van der Waals surface area contributed by atoms with Crippen molar-refractivity contribution in [3.05, 3.63) is 89.0 Å². The second-order valence-corrected chi connectivity index (χ2v) is 5.98. The fraction of sp³-hybridized carbons (Fsp3) is 0.0526. The summed E-state index contributed by atoms with van der Waals surface area (Å²) in [6.07, 6.45) is 3.01. The van der Waals surface area contributed by atoms with E-state index in [1.807, 2.05) is 55.5 Å². The molecule has 0 aliphatic carbocycles. The SMILES string of the molecule is Cc1ncc(Cl)cc1/C(=C\N=N)c1cccc(N(N)c2ccccc2)n1. The van der Waals surface area contributed by atoms with Gasteiger partial charge in [0.2, 0.25) is 0 Å². The number of aryl methyl sites for hydroxylation is 1. The van der Waals surface area contributed by atoms with Crippen LogP contribution in [0.3, 0.4) is 0 Å². The van der Waals surface area contributed by atoms with Crippen molar-refractivity contribution in [2.24, 2.45) is 11.0 Å². The van der Waals surface area contributed by atoms with E-state index in [4.69, 9.17) is 23.0 Å². The van der Waals surface area contributed by atoms with Crippen LogP contribution in [0.25, 0.3) is 5.57 Å². The first-order valence-corrected chi connectivity index (χ1v) is 8.24. The molecule has 6 nitrogen and oxygen atoms in total. The molecule has 0 saturated heterocycles. The summed E-state index contributed by atoms with van der Waals surface area (Å²) in [6, 6.07) is 16.8. The Morgan fingerprint density at radius 2 is 1.96 bits per heavy atom. The molecule has 0 bridgehead atoms. The third-order valence-electron chi connectivity index (χ3n) is 3.83. The van der Waals surface area contributed by atoms with E-state index in [0.717, 1.165) is 16.9 Å². The zero-order chi connectivity index (χ0) is 18.5. The average Bonchev–Trinajstić information content (AvgIpc) is 2.68. The van der Waals surface area contributed by atoms with Crippen LogP contribution in [-0.4, -0.2) is 9.97 Å². The first-order chi connectivity index (χ1) is 12.6. The molecule has 0 saturated carbocycles. The molecule has 1 aromatic carbocycles. The van der Waals surface area contributed by atoms with Crippen LogP contribution < -0.4 is 10.9 Å². The number of halogens is 1. The number of hydrazine groups is 1. The number of benzene rings is 1. The molecule has 2 heterocycles. The number of aromatic nitrogens is 2. The summed E-state index contributed by atoms with van der Waals surface area (Å²) in [7, 11) is 0. The van der Waals surface area contributed by atoms with E-state index in [9.17, 15) is 0 Å². The van der Waals surface area contributed by atoms with E-state index in [1.165, 1.54) is 11.2 Å². The molecule has 3 aromatic rings. The summed E-state index contributed by atoms with van der Waals surface area (Å²) in [6.45, 7) is 1.87. The van der Waals surface area contributed by atoms with Gasteiger partial charge in [-0.2, -0.15) is 5.11 Å². The summed E-state index contributed by atoms with van der Waals surface area (Å²) in [5.41, 5.74) is 10.9. The molecule has 0 fully saturated rings. The van der Waals surface area contributed by atoms with Gasteiger partial charge in [0.25, 0.3) is 0 Å². The van der Waals surface area contributed by atoms with Gasteiger partial charge in [-0.1, -0.05) is 35.9 Å². The summed E-state index contributed by atoms with van der Waals surface area (Å²) >= 11 is 6.09. The predicted molar refractivity (Wildman–Crippen MR) is 103 cm³/mol. The van der Waals surface area contributed by atoms with Crippen LogP contribution in [0, 0.1) is 12.5 Å². The van der Waals surface area contributed by atoms with Gasteiger partial charge in [0.05, 0.1) is 22.6 Å². The van der Waals surface area contributed by atoms with Gasteiger partial charge in [0.1, 0.15) is 5.82 Å². The Bertz CT molecular complexity index is 955. The quantitative estimate of drug-likeness (QED) is 0.384. The molecular weight excluding hydrogens is 348 g/mol. The lowest BCUT2D eigenvalue weighted by Crippen LogP contribution is -2.26. The molecule has 2 aromatic heterocycles. The molecule has 7 heteroatoms. The average molecular weight is 365 g/mol. The van der Waals surface area contributed by atoms with Gasteiger partial charge in [-0.3, -0.25) is 9.99 Å². The fourth-order valence-corrected chi connectivity index (χ4v) is 2.70. The minimum Gasteiger partial charge on any atom is -0.262 e. The zero-order valence-corrected chi connectivity index (χ0v) is 14.9. The third kappa shape index (κ3) is 3.77. The lowest BCUT2D eigenvalue weighted by molar-refractivity contribution is 1.03. The summed E-state index contributed by atoms with van der Waals surface area (Å²) in [5.74, 6) is 6.78. The molecule has 3 N–H and O–H groups in total. The normalized spacial score (nSPS) is 11.3. The number of pyridine rings is 2. The van der Waals surface area contributed by atoms with Crippen molar-refractivity contribution in [2.45, 2.75) is 6.92 Å². The van der Waals surface area contributed by atoms with Crippen LogP contribution in [-0.2, 0) is 0 Å². The lowest BCUT2D eigenvalue weighted by atomic mass is 10.0. The minimum absolute atomic E-state index is 0.502. The highest BCUT2D eigenvalue weighted by Crippen LogP contribution is 2.28. The minimum atomic E-state index is 0.502. The van der Waals surface area contributed by atoms with E-state index in [1.54, 1.807) is 12.3 Å². The highest BCUT2D eigenvalue weighted by molar-refractivity contribution is 6.30. The van der Waals surface area contributed by atoms with Gasteiger partial charge in [0.15, 0.2) is 0 Å². The highest BCUT2D eigenvalue weighted by Gasteiger charge is 2.14. The second-order valence-electron chi connectivity index (χ2n) is 5.54. The molecule has 0 radical (unpaired) electrons. The van der Waals surface area contributed by atoms with Crippen LogP contribution in [0.5, 0.6) is 0 Å². The molecule has 0 amide bonds. The topological polar surface area (TPSA) is 91.2 Å². The van der Waals surface area contributed by atoms with E-state index in [2.05, 4.69) is 15.1 Å². The summed E-state index contributed by atoms with van der Waals surface area (Å²) in [4.78, 5) is 8.91. The zero-order valence-electron chi connectivity index (χ0n) is 14.1. The fourth-order valence-electron chi connectivity index (χ4n) is 2.55. The summed E-state index contributed by atoms with van der Waals surface area (Å²) < 4.78 is 0. The molecule has 0 unspecified atom stereocenters. The number of para-hydroxylation sites is 1.